The Morgan fingerprint density at radius 1 is 1.23 bits per heavy atom. The van der Waals surface area contributed by atoms with Gasteiger partial charge in [-0.15, -0.1) is 0 Å². The minimum absolute atomic E-state index is 0.0715. The van der Waals surface area contributed by atoms with Gasteiger partial charge in [-0.25, -0.2) is 0 Å². The molecule has 0 spiro atoms. The van der Waals surface area contributed by atoms with Crippen molar-refractivity contribution in [3.63, 3.8) is 0 Å². The second kappa shape index (κ2) is 7.21. The van der Waals surface area contributed by atoms with Crippen LogP contribution in [-0.2, 0) is 0 Å². The molecule has 1 N–H and O–H groups in total. The molecule has 0 saturated heterocycles. The molecule has 6 nitrogen and oxygen atoms in total. The van der Waals surface area contributed by atoms with E-state index in [1.165, 1.54) is 18.2 Å². The van der Waals surface area contributed by atoms with Crippen LogP contribution in [0.5, 0.6) is 5.75 Å². The van der Waals surface area contributed by atoms with E-state index in [1.54, 1.807) is 30.3 Å². The summed E-state index contributed by atoms with van der Waals surface area (Å²) in [5.41, 5.74) is 0.733. The quantitative estimate of drug-likeness (QED) is 0.652. The van der Waals surface area contributed by atoms with Crippen LogP contribution >= 0.6 is 0 Å². The molecule has 0 aromatic heterocycles. The third-order valence-electron chi connectivity index (χ3n) is 2.88. The largest absolute Gasteiger partial charge is 0.494 e. The monoisotopic (exact) mass is 300 g/mol. The molecular formula is C16H16N2O4. The van der Waals surface area contributed by atoms with Crippen LogP contribution in [0.3, 0.4) is 0 Å². The maximum atomic E-state index is 12.2. The van der Waals surface area contributed by atoms with Crippen LogP contribution in [0.15, 0.2) is 48.5 Å². The Bertz CT molecular complexity index is 685. The molecule has 114 valence electrons. The molecule has 0 unspecified atom stereocenters. The van der Waals surface area contributed by atoms with Gasteiger partial charge in [0.2, 0.25) is 0 Å². The number of nitrogens with zero attached hydrogens (tertiary/aromatic N) is 1. The Labute approximate surface area is 127 Å². The van der Waals surface area contributed by atoms with E-state index in [9.17, 15) is 14.9 Å². The van der Waals surface area contributed by atoms with Gasteiger partial charge in [0.05, 0.1) is 11.5 Å². The number of ether oxygens (including phenoxy) is 1. The molecule has 2 aromatic carbocycles. The molecule has 0 fully saturated rings. The van der Waals surface area contributed by atoms with Gasteiger partial charge in [-0.2, -0.15) is 0 Å². The molecule has 0 atom stereocenters. The van der Waals surface area contributed by atoms with Crippen molar-refractivity contribution in [1.82, 2.24) is 0 Å². The number of carbonyl (C=O) groups is 1. The molecule has 0 aliphatic carbocycles. The lowest BCUT2D eigenvalue weighted by atomic mass is 10.2. The van der Waals surface area contributed by atoms with Gasteiger partial charge in [0.1, 0.15) is 5.75 Å². The van der Waals surface area contributed by atoms with Crippen LogP contribution in [0.25, 0.3) is 0 Å². The van der Waals surface area contributed by atoms with Crippen molar-refractivity contribution in [2.45, 2.75) is 13.3 Å². The predicted octanol–water partition coefficient (Wildman–Crippen LogP) is 3.64. The van der Waals surface area contributed by atoms with E-state index in [0.717, 1.165) is 6.42 Å². The first-order valence-corrected chi connectivity index (χ1v) is 6.89. The summed E-state index contributed by atoms with van der Waals surface area (Å²) in [6.07, 6.45) is 0.879. The van der Waals surface area contributed by atoms with Crippen molar-refractivity contribution < 1.29 is 14.5 Å². The SMILES string of the molecule is CCCOc1cccc(C(=O)Nc2cccc([N+](=O)[O-])c2)c1. The van der Waals surface area contributed by atoms with E-state index < -0.39 is 4.92 Å². The number of nitro benzene ring substituents is 1. The summed E-state index contributed by atoms with van der Waals surface area (Å²) in [6, 6.07) is 12.6. The van der Waals surface area contributed by atoms with Gasteiger partial charge in [0, 0.05) is 23.4 Å². The Kier molecular flexibility index (Phi) is 5.08. The number of benzene rings is 2. The minimum atomic E-state index is -0.505. The first-order valence-electron chi connectivity index (χ1n) is 6.89. The summed E-state index contributed by atoms with van der Waals surface area (Å²) in [5, 5.41) is 13.4. The fourth-order valence-corrected chi connectivity index (χ4v) is 1.85. The summed E-state index contributed by atoms with van der Waals surface area (Å²) in [7, 11) is 0. The highest BCUT2D eigenvalue weighted by Crippen LogP contribution is 2.19. The molecule has 2 rings (SSSR count). The van der Waals surface area contributed by atoms with Crippen LogP contribution in [0, 0.1) is 10.1 Å². The molecule has 0 aliphatic heterocycles. The highest BCUT2D eigenvalue weighted by molar-refractivity contribution is 6.04. The maximum Gasteiger partial charge on any atom is 0.271 e. The van der Waals surface area contributed by atoms with E-state index in [-0.39, 0.29) is 11.6 Å². The minimum Gasteiger partial charge on any atom is -0.494 e. The van der Waals surface area contributed by atoms with Gasteiger partial charge in [0.15, 0.2) is 0 Å². The molecule has 1 amide bonds. The standard InChI is InChI=1S/C16H16N2O4/c1-2-9-22-15-8-3-5-12(10-15)16(19)17-13-6-4-7-14(11-13)18(20)21/h3-8,10-11H,2,9H2,1H3,(H,17,19). The first-order chi connectivity index (χ1) is 10.6. The highest BCUT2D eigenvalue weighted by Gasteiger charge is 2.10. The van der Waals surface area contributed by atoms with E-state index in [4.69, 9.17) is 4.74 Å². The van der Waals surface area contributed by atoms with E-state index in [2.05, 4.69) is 5.32 Å². The number of carbonyl (C=O) groups excluding carboxylic acids is 1. The van der Waals surface area contributed by atoms with Gasteiger partial charge < -0.3 is 10.1 Å². The van der Waals surface area contributed by atoms with Crippen molar-refractivity contribution in [1.29, 1.82) is 0 Å². The number of hydrogen-bond donors (Lipinski definition) is 1. The lowest BCUT2D eigenvalue weighted by molar-refractivity contribution is -0.384. The molecule has 0 bridgehead atoms. The third kappa shape index (κ3) is 4.05. The number of non-ortho nitro benzene ring substituents is 1. The number of nitrogens with one attached hydrogen (secondary N) is 1. The van der Waals surface area contributed by atoms with Crippen LogP contribution in [0.1, 0.15) is 23.7 Å². The Hall–Kier alpha value is -2.89. The number of nitro groups is 1. The maximum absolute atomic E-state index is 12.2. The molecule has 22 heavy (non-hydrogen) atoms. The average Bonchev–Trinajstić information content (AvgIpc) is 2.53. The molecule has 2 aromatic rings. The first kappa shape index (κ1) is 15.5. The predicted molar refractivity (Wildman–Crippen MR) is 83.3 cm³/mol. The molecule has 6 heteroatoms. The van der Waals surface area contributed by atoms with Gasteiger partial charge in [-0.05, 0) is 30.7 Å². The van der Waals surface area contributed by atoms with Crippen LogP contribution in [0.2, 0.25) is 0 Å². The van der Waals surface area contributed by atoms with Gasteiger partial charge in [-0.3, -0.25) is 14.9 Å². The smallest absolute Gasteiger partial charge is 0.271 e. The zero-order valence-corrected chi connectivity index (χ0v) is 12.1. The number of amides is 1. The van der Waals surface area contributed by atoms with E-state index in [1.807, 2.05) is 6.92 Å². The van der Waals surface area contributed by atoms with Gasteiger partial charge in [0.25, 0.3) is 11.6 Å². The molecular weight excluding hydrogens is 284 g/mol. The van der Waals surface area contributed by atoms with Crippen LogP contribution in [-0.4, -0.2) is 17.4 Å². The van der Waals surface area contributed by atoms with Gasteiger partial charge in [-0.1, -0.05) is 19.1 Å². The molecule has 0 radical (unpaired) electrons. The molecule has 0 aliphatic rings. The van der Waals surface area contributed by atoms with Crippen molar-refractivity contribution in [3.05, 3.63) is 64.2 Å². The summed E-state index contributed by atoms with van der Waals surface area (Å²) < 4.78 is 5.48. The second-order valence-electron chi connectivity index (χ2n) is 4.64. The second-order valence-corrected chi connectivity index (χ2v) is 4.64. The zero-order valence-electron chi connectivity index (χ0n) is 12.1. The third-order valence-corrected chi connectivity index (χ3v) is 2.88. The molecule has 0 saturated carbocycles. The zero-order chi connectivity index (χ0) is 15.9. The Morgan fingerprint density at radius 2 is 2.00 bits per heavy atom. The van der Waals surface area contributed by atoms with E-state index in [0.29, 0.717) is 23.6 Å². The Balaban J connectivity index is 2.12. The lowest BCUT2D eigenvalue weighted by Gasteiger charge is -2.08. The fourth-order valence-electron chi connectivity index (χ4n) is 1.85. The van der Waals surface area contributed by atoms with Crippen molar-refractivity contribution in [3.8, 4) is 5.75 Å². The fraction of sp³-hybridized carbons (Fsp3) is 0.188. The topological polar surface area (TPSA) is 81.5 Å². The summed E-state index contributed by atoms with van der Waals surface area (Å²) in [6.45, 7) is 2.58. The lowest BCUT2D eigenvalue weighted by Crippen LogP contribution is -2.12. The number of rotatable bonds is 6. The van der Waals surface area contributed by atoms with E-state index >= 15 is 0 Å². The van der Waals surface area contributed by atoms with Gasteiger partial charge >= 0.3 is 0 Å². The summed E-state index contributed by atoms with van der Waals surface area (Å²) >= 11 is 0. The number of anilines is 1. The summed E-state index contributed by atoms with van der Waals surface area (Å²) in [5.74, 6) is 0.274. The van der Waals surface area contributed by atoms with Crippen molar-refractivity contribution in [2.75, 3.05) is 11.9 Å². The number of hydrogen-bond acceptors (Lipinski definition) is 4. The summed E-state index contributed by atoms with van der Waals surface area (Å²) in [4.78, 5) is 22.4. The average molecular weight is 300 g/mol. The Morgan fingerprint density at radius 3 is 2.73 bits per heavy atom. The van der Waals surface area contributed by atoms with Crippen LogP contribution < -0.4 is 10.1 Å². The van der Waals surface area contributed by atoms with Crippen molar-refractivity contribution in [2.24, 2.45) is 0 Å². The molecule has 0 heterocycles. The normalized spacial score (nSPS) is 10.0. The van der Waals surface area contributed by atoms with Crippen LogP contribution in [0.4, 0.5) is 11.4 Å². The highest BCUT2D eigenvalue weighted by atomic mass is 16.6. The van der Waals surface area contributed by atoms with Crippen molar-refractivity contribution >= 4 is 17.3 Å².